The van der Waals surface area contributed by atoms with Crippen LogP contribution in [0.4, 0.5) is 5.69 Å². The lowest BCUT2D eigenvalue weighted by Crippen LogP contribution is -2.22. The summed E-state index contributed by atoms with van der Waals surface area (Å²) < 4.78 is 0. The summed E-state index contributed by atoms with van der Waals surface area (Å²) in [7, 11) is 0. The minimum Gasteiger partial charge on any atom is -0.399 e. The molecule has 0 fully saturated rings. The molecule has 6 heteroatoms. The van der Waals surface area contributed by atoms with Gasteiger partial charge in [-0.05, 0) is 12.1 Å². The number of carbonyl (C=O) groups excluding carboxylic acids is 1. The molecule has 0 aromatic heterocycles. The molecular weight excluding hydrogens is 252 g/mol. The van der Waals surface area contributed by atoms with E-state index in [1.54, 1.807) is 6.07 Å². The fraction of sp³-hybridized carbons (Fsp3) is 0.333. The topological polar surface area (TPSA) is 107 Å². The molecule has 0 saturated carbocycles. The zero-order valence-electron chi connectivity index (χ0n) is 9.83. The van der Waals surface area contributed by atoms with Gasteiger partial charge in [0, 0.05) is 23.9 Å². The zero-order valence-corrected chi connectivity index (χ0v) is 10.6. The van der Waals surface area contributed by atoms with Crippen LogP contribution >= 0.6 is 11.8 Å². The average Bonchev–Trinajstić information content (AvgIpc) is 2.34. The summed E-state index contributed by atoms with van der Waals surface area (Å²) >= 11 is 0.922. The van der Waals surface area contributed by atoms with Crippen LogP contribution in [0.3, 0.4) is 0 Å². The Morgan fingerprint density at radius 2 is 2.22 bits per heavy atom. The van der Waals surface area contributed by atoms with Crippen molar-refractivity contribution >= 4 is 22.6 Å². The van der Waals surface area contributed by atoms with Crippen LogP contribution in [-0.4, -0.2) is 27.2 Å². The van der Waals surface area contributed by atoms with Crippen molar-refractivity contribution in [3.63, 3.8) is 0 Å². The van der Waals surface area contributed by atoms with E-state index in [1.807, 2.05) is 6.07 Å². The molecule has 2 atom stereocenters. The molecule has 1 aromatic rings. The largest absolute Gasteiger partial charge is 0.399 e. The highest BCUT2D eigenvalue weighted by molar-refractivity contribution is 8.13. The fourth-order valence-corrected chi connectivity index (χ4v) is 2.02. The Morgan fingerprint density at radius 3 is 2.78 bits per heavy atom. The Hall–Kier alpha value is -1.55. The summed E-state index contributed by atoms with van der Waals surface area (Å²) in [6.45, 7) is 1.38. The molecule has 0 heterocycles. The van der Waals surface area contributed by atoms with Crippen molar-refractivity contribution in [2.24, 2.45) is 0 Å². The number of hydrogen-bond acceptors (Lipinski definition) is 6. The van der Waals surface area contributed by atoms with Gasteiger partial charge in [0.25, 0.3) is 0 Å². The van der Waals surface area contributed by atoms with Crippen molar-refractivity contribution in [2.75, 3.05) is 11.5 Å². The van der Waals surface area contributed by atoms with Crippen LogP contribution in [0.1, 0.15) is 24.2 Å². The van der Waals surface area contributed by atoms with Crippen molar-refractivity contribution in [1.82, 2.24) is 0 Å². The smallest absolute Gasteiger partial charge is 0.185 e. The molecule has 2 unspecified atom stereocenters. The maximum atomic E-state index is 10.8. The summed E-state index contributed by atoms with van der Waals surface area (Å²) in [5, 5.41) is 28.5. The van der Waals surface area contributed by atoms with Gasteiger partial charge in [-0.3, -0.25) is 4.79 Å². The second kappa shape index (κ2) is 6.40. The molecule has 0 amide bonds. The molecule has 0 radical (unpaired) electrons. The molecule has 5 nitrogen and oxygen atoms in total. The molecule has 0 aliphatic rings. The maximum absolute atomic E-state index is 10.8. The summed E-state index contributed by atoms with van der Waals surface area (Å²) in [5.41, 5.74) is 6.47. The number of nitrogen functional groups attached to an aromatic ring is 1. The minimum atomic E-state index is -1.22. The number of hydrogen-bond donors (Lipinski definition) is 3. The van der Waals surface area contributed by atoms with Crippen LogP contribution in [0.15, 0.2) is 18.2 Å². The first-order valence-electron chi connectivity index (χ1n) is 5.24. The molecular formula is C12H14N2O3S. The van der Waals surface area contributed by atoms with E-state index in [-0.39, 0.29) is 16.4 Å². The highest BCUT2D eigenvalue weighted by Crippen LogP contribution is 2.24. The molecule has 0 aliphatic carbocycles. The lowest BCUT2D eigenvalue weighted by molar-refractivity contribution is -0.109. The van der Waals surface area contributed by atoms with Gasteiger partial charge in [0.05, 0.1) is 17.7 Å². The van der Waals surface area contributed by atoms with Crippen molar-refractivity contribution in [2.45, 2.75) is 19.1 Å². The van der Waals surface area contributed by atoms with E-state index in [0.29, 0.717) is 11.3 Å². The number of nitrogens with zero attached hydrogens (tertiary/aromatic N) is 1. The minimum absolute atomic E-state index is 0.0751. The van der Waals surface area contributed by atoms with Gasteiger partial charge in [0.1, 0.15) is 6.10 Å². The Bertz CT molecular complexity index is 485. The molecule has 1 rings (SSSR count). The van der Waals surface area contributed by atoms with Crippen LogP contribution < -0.4 is 5.73 Å². The Balaban J connectivity index is 2.86. The Kier molecular flexibility index (Phi) is 5.16. The molecule has 0 saturated heterocycles. The third-order valence-electron chi connectivity index (χ3n) is 2.34. The van der Waals surface area contributed by atoms with E-state index in [1.165, 1.54) is 19.1 Å². The lowest BCUT2D eigenvalue weighted by atomic mass is 9.99. The standard InChI is InChI=1S/C12H14N2O3S/c1-7(15)18-6-11(16)12(17)10-3-2-9(14)4-8(10)5-13/h2-4,11-12,16-17H,6,14H2,1H3. The SMILES string of the molecule is CC(=O)SCC(O)C(O)c1ccc(N)cc1C#N. The van der Waals surface area contributed by atoms with Crippen molar-refractivity contribution in [3.05, 3.63) is 29.3 Å². The van der Waals surface area contributed by atoms with E-state index in [4.69, 9.17) is 11.0 Å². The average molecular weight is 266 g/mol. The van der Waals surface area contributed by atoms with Gasteiger partial charge in [-0.15, -0.1) is 0 Å². The third-order valence-corrected chi connectivity index (χ3v) is 3.25. The molecule has 1 aromatic carbocycles. The normalized spacial score (nSPS) is 13.7. The van der Waals surface area contributed by atoms with Gasteiger partial charge in [-0.25, -0.2) is 0 Å². The number of aliphatic hydroxyl groups is 2. The summed E-state index contributed by atoms with van der Waals surface area (Å²) in [6.07, 6.45) is -2.33. The number of carbonyl (C=O) groups is 1. The van der Waals surface area contributed by atoms with E-state index >= 15 is 0 Å². The first-order chi connectivity index (χ1) is 8.45. The van der Waals surface area contributed by atoms with Crippen LogP contribution in [-0.2, 0) is 4.79 Å². The van der Waals surface area contributed by atoms with Gasteiger partial charge in [-0.2, -0.15) is 5.26 Å². The van der Waals surface area contributed by atoms with E-state index in [9.17, 15) is 15.0 Å². The number of thioether (sulfide) groups is 1. The van der Waals surface area contributed by atoms with Gasteiger partial charge in [0.15, 0.2) is 5.12 Å². The molecule has 4 N–H and O–H groups in total. The molecule has 18 heavy (non-hydrogen) atoms. The number of aliphatic hydroxyl groups excluding tert-OH is 2. The molecule has 96 valence electrons. The molecule has 0 spiro atoms. The van der Waals surface area contributed by atoms with Crippen LogP contribution in [0.5, 0.6) is 0 Å². The maximum Gasteiger partial charge on any atom is 0.185 e. The fourth-order valence-electron chi connectivity index (χ4n) is 1.43. The van der Waals surface area contributed by atoms with Crippen molar-refractivity contribution in [3.8, 4) is 6.07 Å². The first-order valence-corrected chi connectivity index (χ1v) is 6.23. The van der Waals surface area contributed by atoms with E-state index in [0.717, 1.165) is 11.8 Å². The van der Waals surface area contributed by atoms with Crippen molar-refractivity contribution < 1.29 is 15.0 Å². The first kappa shape index (κ1) is 14.5. The van der Waals surface area contributed by atoms with Gasteiger partial charge >= 0.3 is 0 Å². The van der Waals surface area contributed by atoms with Gasteiger partial charge in [0.2, 0.25) is 0 Å². The number of nitrogens with two attached hydrogens (primary N) is 1. The van der Waals surface area contributed by atoms with Crippen LogP contribution in [0, 0.1) is 11.3 Å². The predicted octanol–water partition coefficient (Wildman–Crippen LogP) is 0.814. The second-order valence-corrected chi connectivity index (χ2v) is 4.97. The molecule has 0 aliphatic heterocycles. The lowest BCUT2D eigenvalue weighted by Gasteiger charge is -2.18. The highest BCUT2D eigenvalue weighted by atomic mass is 32.2. The Labute approximate surface area is 109 Å². The number of rotatable bonds is 4. The zero-order chi connectivity index (χ0) is 13.7. The number of nitriles is 1. The summed E-state index contributed by atoms with van der Waals surface area (Å²) in [5.74, 6) is 0.0751. The third kappa shape index (κ3) is 3.74. The predicted molar refractivity (Wildman–Crippen MR) is 69.7 cm³/mol. The van der Waals surface area contributed by atoms with Gasteiger partial charge in [-0.1, -0.05) is 17.8 Å². The van der Waals surface area contributed by atoms with E-state index < -0.39 is 12.2 Å². The van der Waals surface area contributed by atoms with Gasteiger partial charge < -0.3 is 15.9 Å². The molecule has 0 bridgehead atoms. The number of anilines is 1. The summed E-state index contributed by atoms with van der Waals surface area (Å²) in [6, 6.07) is 6.39. The van der Waals surface area contributed by atoms with Crippen molar-refractivity contribution in [1.29, 1.82) is 5.26 Å². The van der Waals surface area contributed by atoms with Crippen LogP contribution in [0.25, 0.3) is 0 Å². The van der Waals surface area contributed by atoms with E-state index in [2.05, 4.69) is 0 Å². The highest BCUT2D eigenvalue weighted by Gasteiger charge is 2.21. The summed E-state index contributed by atoms with van der Waals surface area (Å²) in [4.78, 5) is 10.8. The Morgan fingerprint density at radius 1 is 1.56 bits per heavy atom. The number of benzene rings is 1. The van der Waals surface area contributed by atoms with Crippen LogP contribution in [0.2, 0.25) is 0 Å². The second-order valence-electron chi connectivity index (χ2n) is 3.77. The monoisotopic (exact) mass is 266 g/mol. The quantitative estimate of drug-likeness (QED) is 0.696.